The molecule has 0 radical (unpaired) electrons. The number of thiazole rings is 1. The Morgan fingerprint density at radius 3 is 2.95 bits per heavy atom. The highest BCUT2D eigenvalue weighted by Crippen LogP contribution is 2.35. The zero-order chi connectivity index (χ0) is 15.7. The number of ether oxygens (including phenoxy) is 1. The van der Waals surface area contributed by atoms with Crippen molar-refractivity contribution in [2.24, 2.45) is 7.05 Å². The second-order valence-corrected chi connectivity index (χ2v) is 7.56. The van der Waals surface area contributed by atoms with Crippen molar-refractivity contribution < 1.29 is 9.53 Å². The van der Waals surface area contributed by atoms with Crippen molar-refractivity contribution >= 4 is 52.0 Å². The second kappa shape index (κ2) is 6.37. The van der Waals surface area contributed by atoms with Crippen molar-refractivity contribution in [1.29, 1.82) is 0 Å². The standard InChI is InChI=1S/C12H9ClN4O2S3/c1-17-9(6-4-3-5-20-6)15-16-11(17)22-12-14-8(13)7(21-12)10(18)19-2/h3-5H,1-2H3. The Labute approximate surface area is 143 Å². The molecule has 0 saturated carbocycles. The smallest absolute Gasteiger partial charge is 0.351 e. The lowest BCUT2D eigenvalue weighted by atomic mass is 10.4. The number of thiophene rings is 1. The summed E-state index contributed by atoms with van der Waals surface area (Å²) < 4.78 is 7.15. The average molecular weight is 373 g/mol. The van der Waals surface area contributed by atoms with E-state index in [0.29, 0.717) is 9.50 Å². The van der Waals surface area contributed by atoms with Crippen LogP contribution in [0, 0.1) is 0 Å². The number of halogens is 1. The first-order chi connectivity index (χ1) is 10.6. The van der Waals surface area contributed by atoms with Crippen molar-refractivity contribution in [1.82, 2.24) is 19.7 Å². The monoisotopic (exact) mass is 372 g/mol. The number of carbonyl (C=O) groups excluding carboxylic acids is 1. The van der Waals surface area contributed by atoms with E-state index in [9.17, 15) is 4.79 Å². The fraction of sp³-hybridized carbons (Fsp3) is 0.167. The van der Waals surface area contributed by atoms with Gasteiger partial charge in [0.1, 0.15) is 0 Å². The van der Waals surface area contributed by atoms with Gasteiger partial charge in [-0.15, -0.1) is 21.5 Å². The van der Waals surface area contributed by atoms with Gasteiger partial charge in [0.15, 0.2) is 25.4 Å². The Morgan fingerprint density at radius 2 is 2.27 bits per heavy atom. The summed E-state index contributed by atoms with van der Waals surface area (Å²) in [6, 6.07) is 3.95. The molecule has 0 aliphatic heterocycles. The summed E-state index contributed by atoms with van der Waals surface area (Å²) in [7, 11) is 3.19. The molecule has 0 aromatic carbocycles. The summed E-state index contributed by atoms with van der Waals surface area (Å²) in [6.45, 7) is 0. The van der Waals surface area contributed by atoms with Crippen molar-refractivity contribution in [3.8, 4) is 10.7 Å². The third-order valence-corrected chi connectivity index (χ3v) is 6.08. The number of carbonyl (C=O) groups is 1. The summed E-state index contributed by atoms with van der Waals surface area (Å²) >= 11 is 10.0. The van der Waals surface area contributed by atoms with Crippen LogP contribution in [-0.4, -0.2) is 32.8 Å². The molecule has 3 aromatic heterocycles. The molecule has 0 unspecified atom stereocenters. The Morgan fingerprint density at radius 1 is 1.45 bits per heavy atom. The van der Waals surface area contributed by atoms with E-state index >= 15 is 0 Å². The molecule has 0 atom stereocenters. The molecule has 0 fully saturated rings. The third-order valence-electron chi connectivity index (χ3n) is 2.69. The molecule has 0 aliphatic carbocycles. The molecule has 0 spiro atoms. The first-order valence-electron chi connectivity index (χ1n) is 5.96. The van der Waals surface area contributed by atoms with Gasteiger partial charge >= 0.3 is 5.97 Å². The Balaban J connectivity index is 1.87. The van der Waals surface area contributed by atoms with Gasteiger partial charge in [-0.1, -0.05) is 29.0 Å². The lowest BCUT2D eigenvalue weighted by Gasteiger charge is -1.99. The zero-order valence-corrected chi connectivity index (χ0v) is 14.6. The van der Waals surface area contributed by atoms with E-state index in [1.54, 1.807) is 11.3 Å². The highest BCUT2D eigenvalue weighted by molar-refractivity contribution is 8.00. The van der Waals surface area contributed by atoms with Crippen LogP contribution < -0.4 is 0 Å². The molecule has 114 valence electrons. The minimum atomic E-state index is -0.494. The zero-order valence-electron chi connectivity index (χ0n) is 11.4. The predicted octanol–water partition coefficient (Wildman–Crippen LogP) is 3.59. The molecule has 6 nitrogen and oxygen atoms in total. The van der Waals surface area contributed by atoms with E-state index in [4.69, 9.17) is 11.6 Å². The summed E-state index contributed by atoms with van der Waals surface area (Å²) in [5.74, 6) is 0.292. The minimum Gasteiger partial charge on any atom is -0.465 e. The van der Waals surface area contributed by atoms with Gasteiger partial charge < -0.3 is 9.30 Å². The normalized spacial score (nSPS) is 10.9. The molecule has 10 heteroatoms. The SMILES string of the molecule is COC(=O)c1sc(Sc2nnc(-c3cccs3)n2C)nc1Cl. The maximum absolute atomic E-state index is 11.5. The third kappa shape index (κ3) is 2.89. The fourth-order valence-electron chi connectivity index (χ4n) is 1.65. The van der Waals surface area contributed by atoms with Crippen molar-refractivity contribution in [2.75, 3.05) is 7.11 Å². The first kappa shape index (κ1) is 15.5. The van der Waals surface area contributed by atoms with E-state index in [2.05, 4.69) is 19.9 Å². The van der Waals surface area contributed by atoms with Crippen LogP contribution in [0.2, 0.25) is 5.15 Å². The summed E-state index contributed by atoms with van der Waals surface area (Å²) in [4.78, 5) is 17.0. The van der Waals surface area contributed by atoms with Gasteiger partial charge in [-0.2, -0.15) is 0 Å². The largest absolute Gasteiger partial charge is 0.465 e. The topological polar surface area (TPSA) is 69.9 Å². The van der Waals surface area contributed by atoms with Gasteiger partial charge in [-0.3, -0.25) is 0 Å². The molecular weight excluding hydrogens is 364 g/mol. The number of hydrogen-bond donors (Lipinski definition) is 0. The van der Waals surface area contributed by atoms with Gasteiger partial charge in [0.25, 0.3) is 0 Å². The fourth-order valence-corrected chi connectivity index (χ4v) is 4.62. The van der Waals surface area contributed by atoms with Crippen LogP contribution in [0.25, 0.3) is 10.7 Å². The molecule has 0 amide bonds. The molecule has 0 aliphatic rings. The van der Waals surface area contributed by atoms with E-state index < -0.39 is 5.97 Å². The molecule has 3 rings (SSSR count). The minimum absolute atomic E-state index is 0.139. The Bertz CT molecular complexity index is 813. The number of hydrogen-bond acceptors (Lipinski definition) is 8. The summed E-state index contributed by atoms with van der Waals surface area (Å²) in [5.41, 5.74) is 0. The number of rotatable bonds is 4. The lowest BCUT2D eigenvalue weighted by molar-refractivity contribution is 0.0606. The van der Waals surface area contributed by atoms with Crippen LogP contribution in [-0.2, 0) is 11.8 Å². The maximum atomic E-state index is 11.5. The van der Waals surface area contributed by atoms with E-state index in [-0.39, 0.29) is 10.0 Å². The quantitative estimate of drug-likeness (QED) is 0.652. The highest BCUT2D eigenvalue weighted by atomic mass is 35.5. The number of aromatic nitrogens is 4. The highest BCUT2D eigenvalue weighted by Gasteiger charge is 2.20. The van der Waals surface area contributed by atoms with Gasteiger partial charge in [0, 0.05) is 7.05 Å². The molecule has 22 heavy (non-hydrogen) atoms. The molecule has 0 saturated heterocycles. The molecule has 3 heterocycles. The lowest BCUT2D eigenvalue weighted by Crippen LogP contribution is -1.98. The second-order valence-electron chi connectivity index (χ2n) is 4.04. The van der Waals surface area contributed by atoms with E-state index in [1.807, 2.05) is 29.1 Å². The van der Waals surface area contributed by atoms with E-state index in [1.165, 1.54) is 30.2 Å². The number of nitrogens with zero attached hydrogens (tertiary/aromatic N) is 4. The van der Waals surface area contributed by atoms with Crippen LogP contribution in [0.3, 0.4) is 0 Å². The van der Waals surface area contributed by atoms with E-state index in [0.717, 1.165) is 10.7 Å². The maximum Gasteiger partial charge on any atom is 0.351 e. The molecule has 0 bridgehead atoms. The number of methoxy groups -OCH3 is 1. The predicted molar refractivity (Wildman–Crippen MR) is 86.9 cm³/mol. The summed E-state index contributed by atoms with van der Waals surface area (Å²) in [5, 5.41) is 11.1. The first-order valence-corrected chi connectivity index (χ1v) is 8.85. The number of esters is 1. The van der Waals surface area contributed by atoms with Crippen molar-refractivity contribution in [3.63, 3.8) is 0 Å². The Hall–Kier alpha value is -1.42. The van der Waals surface area contributed by atoms with Crippen LogP contribution in [0.5, 0.6) is 0 Å². The summed E-state index contributed by atoms with van der Waals surface area (Å²) in [6.07, 6.45) is 0. The molecular formula is C12H9ClN4O2S3. The van der Waals surface area contributed by atoms with Crippen LogP contribution in [0.1, 0.15) is 9.67 Å². The van der Waals surface area contributed by atoms with Gasteiger partial charge in [-0.25, -0.2) is 9.78 Å². The molecule has 0 N–H and O–H groups in total. The van der Waals surface area contributed by atoms with Crippen LogP contribution >= 0.6 is 46.0 Å². The van der Waals surface area contributed by atoms with Gasteiger partial charge in [0.05, 0.1) is 12.0 Å². The Kier molecular flexibility index (Phi) is 4.48. The van der Waals surface area contributed by atoms with Crippen molar-refractivity contribution in [3.05, 3.63) is 27.5 Å². The molecule has 3 aromatic rings. The van der Waals surface area contributed by atoms with Crippen LogP contribution in [0.4, 0.5) is 0 Å². The van der Waals surface area contributed by atoms with Gasteiger partial charge in [0.2, 0.25) is 0 Å². The van der Waals surface area contributed by atoms with Crippen LogP contribution in [0.15, 0.2) is 27.0 Å². The average Bonchev–Trinajstić information content (AvgIpc) is 3.21. The van der Waals surface area contributed by atoms with Gasteiger partial charge in [-0.05, 0) is 23.2 Å². The van der Waals surface area contributed by atoms with Crippen molar-refractivity contribution in [2.45, 2.75) is 9.50 Å².